The number of hydrogen-bond donors (Lipinski definition) is 2. The minimum Gasteiger partial charge on any atom is -0.371 e. The number of nitrogens with one attached hydrogen (secondary N) is 2. The molecule has 1 aromatic carbocycles. The second-order valence-corrected chi connectivity index (χ2v) is 5.06. The van der Waals surface area contributed by atoms with Gasteiger partial charge < -0.3 is 10.1 Å². The van der Waals surface area contributed by atoms with E-state index >= 15 is 0 Å². The highest BCUT2D eigenvalue weighted by atomic mass is 16.5. The molecule has 1 aliphatic heterocycles. The summed E-state index contributed by atoms with van der Waals surface area (Å²) in [7, 11) is 0. The third-order valence-corrected chi connectivity index (χ3v) is 3.85. The van der Waals surface area contributed by atoms with Gasteiger partial charge in [0.25, 0.3) is 5.91 Å². The minimum absolute atomic E-state index is 0.251. The summed E-state index contributed by atoms with van der Waals surface area (Å²) in [5.41, 5.74) is 0.209. The molecular weight excluding hydrogens is 244 g/mol. The number of imide groups is 1. The molecule has 3 amide bonds. The number of ether oxygens (including phenoxy) is 1. The fraction of sp³-hybridized carbons (Fsp3) is 0.429. The number of urea groups is 1. The van der Waals surface area contributed by atoms with Gasteiger partial charge in [-0.1, -0.05) is 30.3 Å². The van der Waals surface area contributed by atoms with Crippen molar-refractivity contribution in [3.63, 3.8) is 0 Å². The molecule has 2 N–H and O–H groups in total. The van der Waals surface area contributed by atoms with E-state index in [-0.39, 0.29) is 12.0 Å². The lowest BCUT2D eigenvalue weighted by Crippen LogP contribution is -2.53. The summed E-state index contributed by atoms with van der Waals surface area (Å²) in [5, 5.41) is 5.05. The molecule has 0 radical (unpaired) electrons. The molecule has 1 aromatic rings. The summed E-state index contributed by atoms with van der Waals surface area (Å²) >= 11 is 0. The zero-order valence-electron chi connectivity index (χ0n) is 10.5. The van der Waals surface area contributed by atoms with Gasteiger partial charge in [0.2, 0.25) is 0 Å². The first kappa shape index (κ1) is 12.2. The molecule has 1 saturated carbocycles. The maximum absolute atomic E-state index is 12.0. The van der Waals surface area contributed by atoms with E-state index in [1.165, 1.54) is 0 Å². The van der Waals surface area contributed by atoms with E-state index in [0.29, 0.717) is 13.0 Å². The predicted molar refractivity (Wildman–Crippen MR) is 68.3 cm³/mol. The molecule has 2 unspecified atom stereocenters. The molecule has 0 bridgehead atoms. The van der Waals surface area contributed by atoms with Crippen LogP contribution in [0.4, 0.5) is 4.79 Å². The Kier molecular flexibility index (Phi) is 2.98. The fourth-order valence-electron chi connectivity index (χ4n) is 2.88. The molecule has 2 fully saturated rings. The Balaban J connectivity index is 1.71. The van der Waals surface area contributed by atoms with Gasteiger partial charge in [0.15, 0.2) is 0 Å². The number of benzene rings is 1. The smallest absolute Gasteiger partial charge is 0.322 e. The highest BCUT2D eigenvalue weighted by molar-refractivity contribution is 6.07. The van der Waals surface area contributed by atoms with Crippen LogP contribution in [-0.4, -0.2) is 23.6 Å². The summed E-state index contributed by atoms with van der Waals surface area (Å²) in [6, 6.07) is 9.40. The standard InChI is InChI=1S/C14H16N2O3/c17-12-14(16-13(18)15-12)8-4-7-11(14)19-9-10-5-2-1-3-6-10/h1-3,5-6,11H,4,7-9H2,(H2,15,16,17,18). The number of amides is 3. The summed E-state index contributed by atoms with van der Waals surface area (Å²) in [6.45, 7) is 0.455. The van der Waals surface area contributed by atoms with Crippen molar-refractivity contribution < 1.29 is 14.3 Å². The van der Waals surface area contributed by atoms with E-state index in [2.05, 4.69) is 10.6 Å². The Labute approximate surface area is 111 Å². The lowest BCUT2D eigenvalue weighted by molar-refractivity contribution is -0.129. The van der Waals surface area contributed by atoms with Crippen molar-refractivity contribution in [3.05, 3.63) is 35.9 Å². The monoisotopic (exact) mass is 260 g/mol. The van der Waals surface area contributed by atoms with Gasteiger partial charge in [0.05, 0.1) is 12.7 Å². The van der Waals surface area contributed by atoms with E-state index in [1.54, 1.807) is 0 Å². The summed E-state index contributed by atoms with van der Waals surface area (Å²) in [4.78, 5) is 23.3. The van der Waals surface area contributed by atoms with Gasteiger partial charge in [0, 0.05) is 0 Å². The number of hydrogen-bond acceptors (Lipinski definition) is 3. The largest absolute Gasteiger partial charge is 0.371 e. The molecule has 19 heavy (non-hydrogen) atoms. The molecule has 1 heterocycles. The minimum atomic E-state index is -0.855. The van der Waals surface area contributed by atoms with Crippen LogP contribution in [0, 0.1) is 0 Å². The van der Waals surface area contributed by atoms with E-state index in [9.17, 15) is 9.59 Å². The van der Waals surface area contributed by atoms with Gasteiger partial charge in [-0.2, -0.15) is 0 Å². The zero-order valence-corrected chi connectivity index (χ0v) is 10.5. The topological polar surface area (TPSA) is 67.4 Å². The Hall–Kier alpha value is -1.88. The van der Waals surface area contributed by atoms with Gasteiger partial charge >= 0.3 is 6.03 Å². The van der Waals surface area contributed by atoms with Gasteiger partial charge in [0.1, 0.15) is 5.54 Å². The number of rotatable bonds is 3. The molecule has 2 aliphatic rings. The van der Waals surface area contributed by atoms with Crippen LogP contribution in [0.25, 0.3) is 0 Å². The first-order valence-electron chi connectivity index (χ1n) is 6.50. The second kappa shape index (κ2) is 4.66. The first-order chi connectivity index (χ1) is 9.21. The van der Waals surface area contributed by atoms with Gasteiger partial charge in [-0.15, -0.1) is 0 Å². The fourth-order valence-corrected chi connectivity index (χ4v) is 2.88. The highest BCUT2D eigenvalue weighted by Gasteiger charge is 2.55. The molecule has 1 saturated heterocycles. The Bertz CT molecular complexity index is 503. The van der Waals surface area contributed by atoms with Crippen LogP contribution < -0.4 is 10.6 Å². The molecule has 5 nitrogen and oxygen atoms in total. The van der Waals surface area contributed by atoms with Crippen molar-refractivity contribution >= 4 is 11.9 Å². The summed E-state index contributed by atoms with van der Waals surface area (Å²) in [6.07, 6.45) is 2.07. The molecule has 2 atom stereocenters. The maximum Gasteiger partial charge on any atom is 0.322 e. The molecule has 5 heteroatoms. The van der Waals surface area contributed by atoms with Crippen molar-refractivity contribution in [1.82, 2.24) is 10.6 Å². The maximum atomic E-state index is 12.0. The SMILES string of the molecule is O=C1NC(=O)C2(CCCC2OCc2ccccc2)N1. The van der Waals surface area contributed by atoms with Crippen molar-refractivity contribution in [3.8, 4) is 0 Å². The average Bonchev–Trinajstić information content (AvgIpc) is 2.93. The predicted octanol–water partition coefficient (Wildman–Crippen LogP) is 1.33. The quantitative estimate of drug-likeness (QED) is 0.806. The average molecular weight is 260 g/mol. The number of carbonyl (C=O) groups excluding carboxylic acids is 2. The number of carbonyl (C=O) groups is 2. The van der Waals surface area contributed by atoms with Crippen LogP contribution in [0.5, 0.6) is 0 Å². The van der Waals surface area contributed by atoms with Crippen LogP contribution in [-0.2, 0) is 16.1 Å². The highest BCUT2D eigenvalue weighted by Crippen LogP contribution is 2.35. The van der Waals surface area contributed by atoms with Crippen LogP contribution in [0.15, 0.2) is 30.3 Å². The Morgan fingerprint density at radius 1 is 1.26 bits per heavy atom. The van der Waals surface area contributed by atoms with Crippen molar-refractivity contribution in [2.45, 2.75) is 37.5 Å². The summed E-state index contributed by atoms with van der Waals surface area (Å²) in [5.74, 6) is -0.256. The molecule has 0 aromatic heterocycles. The first-order valence-corrected chi connectivity index (χ1v) is 6.50. The molecule has 1 aliphatic carbocycles. The van der Waals surface area contributed by atoms with Crippen LogP contribution in [0.1, 0.15) is 24.8 Å². The van der Waals surface area contributed by atoms with E-state index in [0.717, 1.165) is 18.4 Å². The molecule has 100 valence electrons. The lowest BCUT2D eigenvalue weighted by Gasteiger charge is -2.28. The van der Waals surface area contributed by atoms with Crippen LogP contribution in [0.2, 0.25) is 0 Å². The van der Waals surface area contributed by atoms with Crippen LogP contribution in [0.3, 0.4) is 0 Å². The van der Waals surface area contributed by atoms with E-state index in [4.69, 9.17) is 4.74 Å². The Morgan fingerprint density at radius 3 is 2.74 bits per heavy atom. The van der Waals surface area contributed by atoms with Crippen molar-refractivity contribution in [1.29, 1.82) is 0 Å². The zero-order chi connectivity index (χ0) is 13.3. The lowest BCUT2D eigenvalue weighted by atomic mass is 9.95. The van der Waals surface area contributed by atoms with Gasteiger partial charge in [-0.05, 0) is 24.8 Å². The molecular formula is C14H16N2O3. The van der Waals surface area contributed by atoms with Crippen molar-refractivity contribution in [2.24, 2.45) is 0 Å². The molecule has 1 spiro atoms. The van der Waals surface area contributed by atoms with E-state index < -0.39 is 11.6 Å². The summed E-state index contributed by atoms with van der Waals surface area (Å²) < 4.78 is 5.87. The van der Waals surface area contributed by atoms with Gasteiger partial charge in [-0.25, -0.2) is 4.79 Å². The van der Waals surface area contributed by atoms with Crippen LogP contribution >= 0.6 is 0 Å². The van der Waals surface area contributed by atoms with E-state index in [1.807, 2.05) is 30.3 Å². The normalized spacial score (nSPS) is 29.6. The van der Waals surface area contributed by atoms with Crippen molar-refractivity contribution in [2.75, 3.05) is 0 Å². The third kappa shape index (κ3) is 2.10. The second-order valence-electron chi connectivity index (χ2n) is 5.06. The van der Waals surface area contributed by atoms with Gasteiger partial charge in [-0.3, -0.25) is 10.1 Å². The molecule has 3 rings (SSSR count). The third-order valence-electron chi connectivity index (χ3n) is 3.85. The Morgan fingerprint density at radius 2 is 2.05 bits per heavy atom.